The van der Waals surface area contributed by atoms with Crippen LogP contribution in [0.15, 0.2) is 18.2 Å². The summed E-state index contributed by atoms with van der Waals surface area (Å²) < 4.78 is 17.5. The number of hydrogen-bond donors (Lipinski definition) is 0. The number of carbonyl (C=O) groups excluding carboxylic acids is 1. The fourth-order valence-corrected chi connectivity index (χ4v) is 4.72. The van der Waals surface area contributed by atoms with E-state index in [1.807, 2.05) is 0 Å². The highest BCUT2D eigenvalue weighted by Crippen LogP contribution is 2.36. The minimum Gasteiger partial charge on any atom is -0.462 e. The van der Waals surface area contributed by atoms with Gasteiger partial charge in [0.15, 0.2) is 11.5 Å². The van der Waals surface area contributed by atoms with Gasteiger partial charge in [0.05, 0.1) is 31.7 Å². The van der Waals surface area contributed by atoms with E-state index in [0.717, 1.165) is 0 Å². The molecule has 3 aliphatic heterocycles. The Hall–Kier alpha value is -1.75. The van der Waals surface area contributed by atoms with Crippen LogP contribution in [0.2, 0.25) is 0 Å². The van der Waals surface area contributed by atoms with Crippen LogP contribution >= 0.6 is 0 Å². The van der Waals surface area contributed by atoms with Gasteiger partial charge in [-0.05, 0) is 43.9 Å². The van der Waals surface area contributed by atoms with Crippen LogP contribution in [0.5, 0.6) is 11.5 Å². The minimum absolute atomic E-state index is 0.216. The second-order valence-electron chi connectivity index (χ2n) is 7.56. The Kier molecular flexibility index (Phi) is 4.12. The molecule has 0 N–H and O–H groups in total. The summed E-state index contributed by atoms with van der Waals surface area (Å²) in [5.41, 5.74) is 0.538. The minimum atomic E-state index is -0.260. The van der Waals surface area contributed by atoms with Crippen molar-refractivity contribution in [3.05, 3.63) is 23.8 Å². The van der Waals surface area contributed by atoms with Crippen LogP contribution in [-0.4, -0.2) is 50.0 Å². The quantitative estimate of drug-likeness (QED) is 0.630. The van der Waals surface area contributed by atoms with Gasteiger partial charge in [-0.15, -0.1) is 0 Å². The molecule has 0 amide bonds. The molecular weight excluding hydrogens is 306 g/mol. The molecule has 3 heterocycles. The van der Waals surface area contributed by atoms with Crippen molar-refractivity contribution in [3.8, 4) is 11.5 Å². The Labute approximate surface area is 143 Å². The van der Waals surface area contributed by atoms with Crippen molar-refractivity contribution in [2.24, 2.45) is 5.92 Å². The van der Waals surface area contributed by atoms with Gasteiger partial charge in [0.2, 0.25) is 6.79 Å². The predicted octanol–water partition coefficient (Wildman–Crippen LogP) is 2.98. The molecule has 0 aromatic heterocycles. The molecule has 5 nitrogen and oxygen atoms in total. The van der Waals surface area contributed by atoms with Crippen LogP contribution in [-0.2, 0) is 4.74 Å². The fraction of sp³-hybridized carbons (Fsp3) is 0.632. The van der Waals surface area contributed by atoms with Crippen LogP contribution in [0.3, 0.4) is 0 Å². The van der Waals surface area contributed by atoms with Crippen molar-refractivity contribution >= 4 is 5.97 Å². The second kappa shape index (κ2) is 6.28. The van der Waals surface area contributed by atoms with E-state index < -0.39 is 0 Å². The maximum absolute atomic E-state index is 12.4. The van der Waals surface area contributed by atoms with Gasteiger partial charge in [-0.25, -0.2) is 4.79 Å². The monoisotopic (exact) mass is 332 g/mol. The Morgan fingerprint density at radius 1 is 1.17 bits per heavy atom. The standard InChI is InChI=1S/C19H26NO4/c1-20-9-3-2-6-16(20)15(5-4-10-20)12-22-19(21)14-7-8-17-18(11-14)24-13-23-17/h7-8,11,15-16H,2-6,9-10,12-13H2,1H3/q+1/t15-,16+,20-/m1/s1. The molecule has 5 heteroatoms. The highest BCUT2D eigenvalue weighted by Gasteiger charge is 2.43. The third-order valence-electron chi connectivity index (χ3n) is 6.04. The Morgan fingerprint density at radius 2 is 2.00 bits per heavy atom. The number of carbonyl (C=O) groups is 1. The first-order chi connectivity index (χ1) is 11.7. The molecule has 2 saturated heterocycles. The fourth-order valence-electron chi connectivity index (χ4n) is 4.72. The zero-order valence-corrected chi connectivity index (χ0v) is 14.3. The van der Waals surface area contributed by atoms with Crippen LogP contribution in [0.4, 0.5) is 0 Å². The van der Waals surface area contributed by atoms with E-state index in [4.69, 9.17) is 14.2 Å². The van der Waals surface area contributed by atoms with Crippen molar-refractivity contribution in [1.82, 2.24) is 0 Å². The highest BCUT2D eigenvalue weighted by atomic mass is 16.7. The van der Waals surface area contributed by atoms with E-state index in [-0.39, 0.29) is 12.8 Å². The van der Waals surface area contributed by atoms with Crippen molar-refractivity contribution in [3.63, 3.8) is 0 Å². The predicted molar refractivity (Wildman–Crippen MR) is 89.1 cm³/mol. The summed E-state index contributed by atoms with van der Waals surface area (Å²) in [6.45, 7) is 3.30. The summed E-state index contributed by atoms with van der Waals surface area (Å²) in [5.74, 6) is 1.54. The molecule has 4 rings (SSSR count). The normalized spacial score (nSPS) is 31.4. The molecule has 1 aromatic carbocycles. The number of rotatable bonds is 3. The number of piperidine rings is 2. The van der Waals surface area contributed by atoms with Gasteiger partial charge in [0.25, 0.3) is 0 Å². The van der Waals surface area contributed by atoms with Crippen molar-refractivity contribution in [2.75, 3.05) is 33.5 Å². The number of fused-ring (bicyclic) bond motifs is 2. The average molecular weight is 332 g/mol. The third-order valence-corrected chi connectivity index (χ3v) is 6.04. The molecule has 24 heavy (non-hydrogen) atoms. The number of esters is 1. The van der Waals surface area contributed by atoms with E-state index >= 15 is 0 Å². The molecule has 0 saturated carbocycles. The van der Waals surface area contributed by atoms with Crippen LogP contribution in [0.1, 0.15) is 42.5 Å². The molecule has 3 atom stereocenters. The van der Waals surface area contributed by atoms with E-state index in [2.05, 4.69) is 7.05 Å². The lowest BCUT2D eigenvalue weighted by Gasteiger charge is -2.51. The Bertz CT molecular complexity index is 628. The zero-order valence-electron chi connectivity index (χ0n) is 14.3. The Balaban J connectivity index is 1.40. The maximum atomic E-state index is 12.4. The molecule has 0 spiro atoms. The van der Waals surface area contributed by atoms with Crippen LogP contribution in [0.25, 0.3) is 0 Å². The average Bonchev–Trinajstić information content (AvgIpc) is 3.06. The van der Waals surface area contributed by atoms with Gasteiger partial charge in [0.1, 0.15) is 6.61 Å². The van der Waals surface area contributed by atoms with Gasteiger partial charge in [-0.2, -0.15) is 0 Å². The molecule has 2 fully saturated rings. The van der Waals surface area contributed by atoms with Crippen LogP contribution in [0, 0.1) is 5.92 Å². The second-order valence-corrected chi connectivity index (χ2v) is 7.56. The van der Waals surface area contributed by atoms with Crippen LogP contribution < -0.4 is 9.47 Å². The van der Waals surface area contributed by atoms with E-state index in [1.54, 1.807) is 18.2 Å². The van der Waals surface area contributed by atoms with Gasteiger partial charge in [0, 0.05) is 12.3 Å². The molecule has 3 aliphatic rings. The topological polar surface area (TPSA) is 44.8 Å². The zero-order chi connectivity index (χ0) is 16.6. The van der Waals surface area contributed by atoms with E-state index in [1.165, 1.54) is 49.7 Å². The summed E-state index contributed by atoms with van der Waals surface area (Å²) in [6, 6.07) is 5.88. The first-order valence-corrected chi connectivity index (χ1v) is 9.07. The number of quaternary nitrogens is 1. The lowest BCUT2D eigenvalue weighted by Crippen LogP contribution is -2.61. The van der Waals surface area contributed by atoms with E-state index in [9.17, 15) is 4.79 Å². The lowest BCUT2D eigenvalue weighted by atomic mass is 9.82. The summed E-state index contributed by atoms with van der Waals surface area (Å²) in [6.07, 6.45) is 6.32. The van der Waals surface area contributed by atoms with E-state index in [0.29, 0.717) is 35.6 Å². The number of benzene rings is 1. The van der Waals surface area contributed by atoms with Crippen molar-refractivity contribution in [1.29, 1.82) is 0 Å². The third kappa shape index (κ3) is 2.86. The maximum Gasteiger partial charge on any atom is 0.338 e. The molecule has 0 bridgehead atoms. The lowest BCUT2D eigenvalue weighted by molar-refractivity contribution is -0.947. The molecule has 0 radical (unpaired) electrons. The molecule has 1 aromatic rings. The molecule has 130 valence electrons. The summed E-state index contributed by atoms with van der Waals surface area (Å²) in [7, 11) is 2.38. The summed E-state index contributed by atoms with van der Waals surface area (Å²) in [4.78, 5) is 12.4. The number of nitrogens with zero attached hydrogens (tertiary/aromatic N) is 1. The summed E-state index contributed by atoms with van der Waals surface area (Å²) >= 11 is 0. The summed E-state index contributed by atoms with van der Waals surface area (Å²) in [5, 5.41) is 0. The first kappa shape index (κ1) is 15.8. The van der Waals surface area contributed by atoms with Gasteiger partial charge < -0.3 is 18.7 Å². The Morgan fingerprint density at radius 3 is 2.92 bits per heavy atom. The largest absolute Gasteiger partial charge is 0.462 e. The molecular formula is C19H26NO4+. The van der Waals surface area contributed by atoms with Gasteiger partial charge >= 0.3 is 5.97 Å². The first-order valence-electron chi connectivity index (χ1n) is 9.07. The molecule has 0 unspecified atom stereocenters. The van der Waals surface area contributed by atoms with Gasteiger partial charge in [-0.1, -0.05) is 0 Å². The SMILES string of the molecule is C[N@+]12CCCC[C@H]1[C@@H](COC(=O)c1ccc3c(c1)OCO3)CCC2. The van der Waals surface area contributed by atoms with Gasteiger partial charge in [-0.3, -0.25) is 0 Å². The molecule has 0 aliphatic carbocycles. The smallest absolute Gasteiger partial charge is 0.338 e. The van der Waals surface area contributed by atoms with Crippen molar-refractivity contribution in [2.45, 2.75) is 38.1 Å². The number of hydrogen-bond acceptors (Lipinski definition) is 4. The van der Waals surface area contributed by atoms with Crippen molar-refractivity contribution < 1.29 is 23.5 Å². The number of ether oxygens (including phenoxy) is 3. The highest BCUT2D eigenvalue weighted by molar-refractivity contribution is 5.90.